The summed E-state index contributed by atoms with van der Waals surface area (Å²) in [5.41, 5.74) is 8.23. The van der Waals surface area contributed by atoms with Gasteiger partial charge in [0.2, 0.25) is 5.91 Å². The van der Waals surface area contributed by atoms with Gasteiger partial charge in [0.25, 0.3) is 0 Å². The van der Waals surface area contributed by atoms with Gasteiger partial charge >= 0.3 is 0 Å². The number of rotatable bonds is 2. The Morgan fingerprint density at radius 1 is 1.22 bits per heavy atom. The van der Waals surface area contributed by atoms with Gasteiger partial charge in [-0.3, -0.25) is 9.69 Å². The van der Waals surface area contributed by atoms with Crippen LogP contribution in [0, 0.1) is 6.92 Å². The van der Waals surface area contributed by atoms with E-state index >= 15 is 0 Å². The molecule has 1 heterocycles. The molecule has 0 aliphatic rings. The Morgan fingerprint density at radius 2 is 1.89 bits per heavy atom. The van der Waals surface area contributed by atoms with Gasteiger partial charge in [-0.2, -0.15) is 0 Å². The van der Waals surface area contributed by atoms with Crippen LogP contribution < -0.4 is 10.6 Å². The molecule has 2 rings (SSSR count). The molecule has 0 bridgehead atoms. The van der Waals surface area contributed by atoms with E-state index in [0.717, 1.165) is 11.3 Å². The summed E-state index contributed by atoms with van der Waals surface area (Å²) < 4.78 is 0. The number of nitrogen functional groups attached to an aromatic ring is 1. The average Bonchev–Trinajstić information content (AvgIpc) is 2.32. The molecule has 0 fully saturated rings. The first-order chi connectivity index (χ1) is 8.58. The van der Waals surface area contributed by atoms with Gasteiger partial charge in [0.15, 0.2) is 0 Å². The zero-order valence-corrected chi connectivity index (χ0v) is 10.4. The molecule has 4 heteroatoms. The molecule has 4 nitrogen and oxygen atoms in total. The fourth-order valence-electron chi connectivity index (χ4n) is 1.73. The maximum absolute atomic E-state index is 11.8. The normalized spacial score (nSPS) is 10.1. The van der Waals surface area contributed by atoms with Crippen molar-refractivity contribution in [3.05, 3.63) is 48.2 Å². The fourth-order valence-corrected chi connectivity index (χ4v) is 1.73. The van der Waals surface area contributed by atoms with Gasteiger partial charge in [0.1, 0.15) is 5.82 Å². The van der Waals surface area contributed by atoms with Crippen molar-refractivity contribution in [1.29, 1.82) is 0 Å². The molecule has 2 N–H and O–H groups in total. The van der Waals surface area contributed by atoms with Crippen molar-refractivity contribution < 1.29 is 4.79 Å². The highest BCUT2D eigenvalue weighted by molar-refractivity contribution is 5.98. The Labute approximate surface area is 106 Å². The second-order valence-electron chi connectivity index (χ2n) is 4.14. The van der Waals surface area contributed by atoms with Gasteiger partial charge < -0.3 is 5.73 Å². The molecular weight excluding hydrogens is 226 g/mol. The number of benzene rings is 1. The quantitative estimate of drug-likeness (QED) is 0.879. The summed E-state index contributed by atoms with van der Waals surface area (Å²) in [4.78, 5) is 17.5. The number of aryl methyl sites for hydroxylation is 1. The average molecular weight is 241 g/mol. The molecule has 0 radical (unpaired) electrons. The van der Waals surface area contributed by atoms with Crippen LogP contribution in [0.1, 0.15) is 12.5 Å². The zero-order valence-electron chi connectivity index (χ0n) is 10.4. The lowest BCUT2D eigenvalue weighted by atomic mass is 10.2. The van der Waals surface area contributed by atoms with Crippen molar-refractivity contribution >= 4 is 23.1 Å². The lowest BCUT2D eigenvalue weighted by molar-refractivity contribution is -0.115. The van der Waals surface area contributed by atoms with Crippen LogP contribution in [-0.4, -0.2) is 10.9 Å². The molecule has 0 saturated heterocycles. The smallest absolute Gasteiger partial charge is 0.229 e. The van der Waals surface area contributed by atoms with E-state index in [9.17, 15) is 4.79 Å². The summed E-state index contributed by atoms with van der Waals surface area (Å²) in [7, 11) is 0. The second-order valence-corrected chi connectivity index (χ2v) is 4.14. The first kappa shape index (κ1) is 12.1. The van der Waals surface area contributed by atoms with E-state index < -0.39 is 0 Å². The van der Waals surface area contributed by atoms with Crippen molar-refractivity contribution in [3.8, 4) is 0 Å². The number of aromatic nitrogens is 1. The molecule has 0 unspecified atom stereocenters. The maximum Gasteiger partial charge on any atom is 0.229 e. The summed E-state index contributed by atoms with van der Waals surface area (Å²) in [6.45, 7) is 3.51. The Morgan fingerprint density at radius 3 is 2.44 bits per heavy atom. The molecule has 0 spiro atoms. The van der Waals surface area contributed by atoms with Crippen molar-refractivity contribution in [2.75, 3.05) is 10.6 Å². The minimum atomic E-state index is -0.100. The molecule has 1 aromatic heterocycles. The summed E-state index contributed by atoms with van der Waals surface area (Å²) in [5, 5.41) is 0. The number of anilines is 3. The molecule has 1 amide bonds. The molecule has 2 aromatic rings. The molecule has 0 aliphatic heterocycles. The molecule has 1 aromatic carbocycles. The van der Waals surface area contributed by atoms with Gasteiger partial charge in [-0.15, -0.1) is 0 Å². The van der Waals surface area contributed by atoms with E-state index in [4.69, 9.17) is 5.73 Å². The molecular formula is C14H15N3O. The van der Waals surface area contributed by atoms with Crippen LogP contribution in [0.15, 0.2) is 42.6 Å². The molecule has 92 valence electrons. The fraction of sp³-hybridized carbons (Fsp3) is 0.143. The number of pyridine rings is 1. The summed E-state index contributed by atoms with van der Waals surface area (Å²) in [5.74, 6) is 0.434. The van der Waals surface area contributed by atoms with E-state index in [1.165, 1.54) is 11.8 Å². The molecule has 0 aliphatic carbocycles. The van der Waals surface area contributed by atoms with E-state index in [1.807, 2.05) is 31.2 Å². The molecule has 0 saturated carbocycles. The van der Waals surface area contributed by atoms with Gasteiger partial charge in [0, 0.05) is 24.9 Å². The number of nitrogens with two attached hydrogens (primary N) is 1. The summed E-state index contributed by atoms with van der Waals surface area (Å²) in [6.07, 6.45) is 1.59. The molecule has 0 atom stereocenters. The van der Waals surface area contributed by atoms with Crippen LogP contribution >= 0.6 is 0 Å². The van der Waals surface area contributed by atoms with Gasteiger partial charge in [-0.25, -0.2) is 4.98 Å². The summed E-state index contributed by atoms with van der Waals surface area (Å²) >= 11 is 0. The SMILES string of the molecule is CC(=O)N(c1ccc(C)cc1)c1cc(N)ccn1. The van der Waals surface area contributed by atoms with E-state index in [1.54, 1.807) is 18.3 Å². The largest absolute Gasteiger partial charge is 0.399 e. The van der Waals surface area contributed by atoms with E-state index in [-0.39, 0.29) is 5.91 Å². The monoisotopic (exact) mass is 241 g/mol. The van der Waals surface area contributed by atoms with Crippen molar-refractivity contribution in [3.63, 3.8) is 0 Å². The number of nitrogens with zero attached hydrogens (tertiary/aromatic N) is 2. The summed E-state index contributed by atoms with van der Waals surface area (Å²) in [6, 6.07) is 11.1. The van der Waals surface area contributed by atoms with Crippen molar-refractivity contribution in [2.24, 2.45) is 0 Å². The second kappa shape index (κ2) is 4.87. The highest BCUT2D eigenvalue weighted by Gasteiger charge is 2.15. The first-order valence-corrected chi connectivity index (χ1v) is 5.67. The topological polar surface area (TPSA) is 59.2 Å². The Hall–Kier alpha value is -2.36. The Bertz CT molecular complexity index is 564. The van der Waals surface area contributed by atoms with Crippen LogP contribution in [0.5, 0.6) is 0 Å². The number of hydrogen-bond acceptors (Lipinski definition) is 3. The maximum atomic E-state index is 11.8. The van der Waals surface area contributed by atoms with Crippen molar-refractivity contribution in [2.45, 2.75) is 13.8 Å². The lowest BCUT2D eigenvalue weighted by Gasteiger charge is -2.20. The van der Waals surface area contributed by atoms with Crippen LogP contribution in [-0.2, 0) is 4.79 Å². The van der Waals surface area contributed by atoms with Crippen molar-refractivity contribution in [1.82, 2.24) is 4.98 Å². The Kier molecular flexibility index (Phi) is 3.28. The standard InChI is InChI=1S/C14H15N3O/c1-10-3-5-13(6-4-10)17(11(2)18)14-9-12(15)7-8-16-14/h3-9H,1-2H3,(H2,15,16). The third-order valence-electron chi connectivity index (χ3n) is 2.61. The van der Waals surface area contributed by atoms with Gasteiger partial charge in [-0.1, -0.05) is 17.7 Å². The number of amides is 1. The predicted octanol–water partition coefficient (Wildman–Crippen LogP) is 2.66. The van der Waals surface area contributed by atoms with Gasteiger partial charge in [0.05, 0.1) is 5.69 Å². The minimum Gasteiger partial charge on any atom is -0.399 e. The van der Waals surface area contributed by atoms with Crippen LogP contribution in [0.3, 0.4) is 0 Å². The number of hydrogen-bond donors (Lipinski definition) is 1. The minimum absolute atomic E-state index is 0.100. The lowest BCUT2D eigenvalue weighted by Crippen LogP contribution is -2.23. The highest BCUT2D eigenvalue weighted by Crippen LogP contribution is 2.25. The third-order valence-corrected chi connectivity index (χ3v) is 2.61. The number of carbonyl (C=O) groups excluding carboxylic acids is 1. The molecule has 18 heavy (non-hydrogen) atoms. The predicted molar refractivity (Wildman–Crippen MR) is 72.6 cm³/mol. The van der Waals surface area contributed by atoms with Crippen LogP contribution in [0.25, 0.3) is 0 Å². The van der Waals surface area contributed by atoms with Crippen LogP contribution in [0.4, 0.5) is 17.2 Å². The Balaban J connectivity index is 2.46. The van der Waals surface area contributed by atoms with E-state index in [0.29, 0.717) is 11.5 Å². The van der Waals surface area contributed by atoms with E-state index in [2.05, 4.69) is 4.98 Å². The highest BCUT2D eigenvalue weighted by atomic mass is 16.2. The third kappa shape index (κ3) is 2.48. The zero-order chi connectivity index (χ0) is 13.1. The van der Waals surface area contributed by atoms with Crippen LogP contribution in [0.2, 0.25) is 0 Å². The number of carbonyl (C=O) groups is 1. The van der Waals surface area contributed by atoms with Gasteiger partial charge in [-0.05, 0) is 25.1 Å². The first-order valence-electron chi connectivity index (χ1n) is 5.67.